The second-order valence-corrected chi connectivity index (χ2v) is 9.50. The number of aliphatic hydroxyl groups is 3. The van der Waals surface area contributed by atoms with Gasteiger partial charge in [-0.05, 0) is 55.8 Å². The Morgan fingerprint density at radius 3 is 2.77 bits per heavy atom. The SMILES string of the molecule is CN1CC[C@]23C4=C5C=CC(O)C4(OCc4ccc(F)cc4)O[C@H]2C(O)(O)C=C[C@H]3[C@H]1C5. The molecule has 1 spiro atoms. The summed E-state index contributed by atoms with van der Waals surface area (Å²) in [5, 5.41) is 33.0. The first-order chi connectivity index (χ1) is 14.8. The fraction of sp³-hybridized carbons (Fsp3) is 0.500. The third kappa shape index (κ3) is 2.47. The number of hydrogen-bond acceptors (Lipinski definition) is 6. The third-order valence-electron chi connectivity index (χ3n) is 7.95. The van der Waals surface area contributed by atoms with Gasteiger partial charge in [-0.15, -0.1) is 0 Å². The molecule has 6 nitrogen and oxygen atoms in total. The Kier molecular flexibility index (Phi) is 4.05. The van der Waals surface area contributed by atoms with Crippen LogP contribution in [0.2, 0.25) is 0 Å². The quantitative estimate of drug-likeness (QED) is 0.503. The van der Waals surface area contributed by atoms with Crippen molar-refractivity contribution in [3.8, 4) is 0 Å². The zero-order valence-electron chi connectivity index (χ0n) is 17.2. The number of benzene rings is 1. The van der Waals surface area contributed by atoms with Crippen LogP contribution in [0.5, 0.6) is 0 Å². The average molecular weight is 427 g/mol. The van der Waals surface area contributed by atoms with Gasteiger partial charge in [-0.25, -0.2) is 4.39 Å². The Morgan fingerprint density at radius 1 is 1.23 bits per heavy atom. The van der Waals surface area contributed by atoms with Gasteiger partial charge in [-0.2, -0.15) is 0 Å². The van der Waals surface area contributed by atoms with Gasteiger partial charge in [0.1, 0.15) is 18.0 Å². The number of rotatable bonds is 3. The number of hydrogen-bond donors (Lipinski definition) is 3. The summed E-state index contributed by atoms with van der Waals surface area (Å²) in [6, 6.07) is 6.19. The van der Waals surface area contributed by atoms with Crippen LogP contribution in [0.3, 0.4) is 0 Å². The van der Waals surface area contributed by atoms with Crippen LogP contribution in [0.15, 0.2) is 59.7 Å². The highest BCUT2D eigenvalue weighted by molar-refractivity contribution is 5.52. The van der Waals surface area contributed by atoms with Gasteiger partial charge in [0.15, 0.2) is 0 Å². The summed E-state index contributed by atoms with van der Waals surface area (Å²) in [4.78, 5) is 2.32. The lowest BCUT2D eigenvalue weighted by Gasteiger charge is -2.58. The highest BCUT2D eigenvalue weighted by Gasteiger charge is 2.74. The molecule has 2 aliphatic heterocycles. The topological polar surface area (TPSA) is 82.4 Å². The maximum Gasteiger partial charge on any atom is 0.223 e. The van der Waals surface area contributed by atoms with Crippen molar-refractivity contribution in [2.24, 2.45) is 11.3 Å². The number of piperidine rings is 1. The Bertz CT molecular complexity index is 1020. The van der Waals surface area contributed by atoms with Crippen molar-refractivity contribution >= 4 is 0 Å². The van der Waals surface area contributed by atoms with Gasteiger partial charge in [-0.3, -0.25) is 0 Å². The van der Waals surface area contributed by atoms with Crippen LogP contribution in [-0.2, 0) is 16.1 Å². The third-order valence-corrected chi connectivity index (χ3v) is 7.95. The van der Waals surface area contributed by atoms with E-state index in [-0.39, 0.29) is 24.4 Å². The molecule has 6 atom stereocenters. The maximum absolute atomic E-state index is 13.3. The van der Waals surface area contributed by atoms with E-state index in [1.807, 2.05) is 12.2 Å². The molecule has 3 aliphatic carbocycles. The van der Waals surface area contributed by atoms with E-state index >= 15 is 0 Å². The lowest BCUT2D eigenvalue weighted by atomic mass is 9.51. The second-order valence-electron chi connectivity index (χ2n) is 9.50. The van der Waals surface area contributed by atoms with Crippen molar-refractivity contribution in [3.63, 3.8) is 0 Å². The van der Waals surface area contributed by atoms with Crippen LogP contribution in [0.4, 0.5) is 4.39 Å². The maximum atomic E-state index is 13.3. The molecular formula is C24H26FNO5. The molecule has 6 rings (SSSR count). The van der Waals surface area contributed by atoms with Crippen molar-refractivity contribution < 1.29 is 29.2 Å². The Labute approximate surface area is 179 Å². The van der Waals surface area contributed by atoms with Crippen molar-refractivity contribution in [2.45, 2.75) is 49.3 Å². The van der Waals surface area contributed by atoms with Crippen LogP contribution in [-0.4, -0.2) is 63.6 Å². The van der Waals surface area contributed by atoms with Gasteiger partial charge >= 0.3 is 0 Å². The molecule has 0 radical (unpaired) electrons. The number of allylic oxidation sites excluding steroid dienone is 1. The minimum absolute atomic E-state index is 0.0254. The summed E-state index contributed by atoms with van der Waals surface area (Å²) in [6.45, 7) is 0.881. The number of nitrogens with zero attached hydrogens (tertiary/aromatic N) is 1. The van der Waals surface area contributed by atoms with Gasteiger partial charge in [-0.1, -0.05) is 30.4 Å². The van der Waals surface area contributed by atoms with E-state index in [0.29, 0.717) is 6.42 Å². The summed E-state index contributed by atoms with van der Waals surface area (Å²) in [5.74, 6) is -3.99. The van der Waals surface area contributed by atoms with Crippen LogP contribution >= 0.6 is 0 Å². The predicted molar refractivity (Wildman–Crippen MR) is 109 cm³/mol. The van der Waals surface area contributed by atoms with E-state index in [9.17, 15) is 19.7 Å². The van der Waals surface area contributed by atoms with E-state index in [0.717, 1.165) is 29.7 Å². The Hall–Kier alpha value is -1.87. The second kappa shape index (κ2) is 6.34. The molecule has 2 saturated heterocycles. The first kappa shape index (κ1) is 19.8. The van der Waals surface area contributed by atoms with Crippen molar-refractivity contribution in [1.82, 2.24) is 4.90 Å². The summed E-state index contributed by atoms with van der Waals surface area (Å²) in [6.07, 6.45) is 6.31. The largest absolute Gasteiger partial charge is 0.383 e. The predicted octanol–water partition coefficient (Wildman–Crippen LogP) is 1.63. The van der Waals surface area contributed by atoms with Crippen LogP contribution in [0, 0.1) is 17.2 Å². The van der Waals surface area contributed by atoms with Crippen molar-refractivity contribution in [2.75, 3.05) is 13.6 Å². The molecule has 1 aromatic carbocycles. The molecule has 2 fully saturated rings. The van der Waals surface area contributed by atoms with Gasteiger partial charge in [0.05, 0.1) is 6.61 Å². The normalized spacial score (nSPS) is 42.1. The summed E-state index contributed by atoms with van der Waals surface area (Å²) in [7, 11) is 2.10. The molecule has 0 amide bonds. The Balaban J connectivity index is 1.49. The molecule has 2 heterocycles. The smallest absolute Gasteiger partial charge is 0.223 e. The highest BCUT2D eigenvalue weighted by atomic mass is 19.1. The van der Waals surface area contributed by atoms with Crippen molar-refractivity contribution in [1.29, 1.82) is 0 Å². The molecule has 2 unspecified atom stereocenters. The van der Waals surface area contributed by atoms with Crippen LogP contribution in [0.1, 0.15) is 18.4 Å². The summed E-state index contributed by atoms with van der Waals surface area (Å²) < 4.78 is 26.0. The summed E-state index contributed by atoms with van der Waals surface area (Å²) >= 11 is 0. The highest BCUT2D eigenvalue weighted by Crippen LogP contribution is 2.68. The number of halogens is 1. The van der Waals surface area contributed by atoms with Crippen molar-refractivity contribution in [3.05, 3.63) is 71.1 Å². The van der Waals surface area contributed by atoms with E-state index in [2.05, 4.69) is 11.9 Å². The molecule has 31 heavy (non-hydrogen) atoms. The molecule has 0 aromatic heterocycles. The molecule has 7 heteroatoms. The minimum atomic E-state index is -2.17. The van der Waals surface area contributed by atoms with E-state index in [1.54, 1.807) is 18.2 Å². The molecule has 0 saturated carbocycles. The van der Waals surface area contributed by atoms with E-state index in [1.165, 1.54) is 18.2 Å². The molecule has 3 N–H and O–H groups in total. The molecule has 2 bridgehead atoms. The fourth-order valence-corrected chi connectivity index (χ4v) is 6.60. The monoisotopic (exact) mass is 427 g/mol. The van der Waals surface area contributed by atoms with Gasteiger partial charge < -0.3 is 29.7 Å². The van der Waals surface area contributed by atoms with Crippen LogP contribution < -0.4 is 0 Å². The van der Waals surface area contributed by atoms with E-state index in [4.69, 9.17) is 9.47 Å². The molecule has 164 valence electrons. The zero-order valence-corrected chi connectivity index (χ0v) is 17.2. The number of aliphatic hydroxyl groups excluding tert-OH is 1. The minimum Gasteiger partial charge on any atom is -0.383 e. The number of ether oxygens (including phenoxy) is 2. The van der Waals surface area contributed by atoms with Gasteiger partial charge in [0.2, 0.25) is 11.6 Å². The van der Waals surface area contributed by atoms with Gasteiger partial charge in [0, 0.05) is 22.9 Å². The first-order valence-corrected chi connectivity index (χ1v) is 10.8. The Morgan fingerprint density at radius 2 is 2.00 bits per heavy atom. The fourth-order valence-electron chi connectivity index (χ4n) is 6.60. The average Bonchev–Trinajstić information content (AvgIpc) is 3.06. The molecule has 1 aromatic rings. The standard InChI is InChI=1S/C24H26FNO5/c1-26-11-10-22-17-8-9-23(28,29)21(22)31-24(30-13-14-2-5-16(25)6-3-14)19(27)7-4-15(20(22)24)12-18(17)26/h2-9,17-19,21,27-29H,10-13H2,1H3/t17-,18+,19?,21+,22-,24?/m0/s1. The van der Waals surface area contributed by atoms with Gasteiger partial charge in [0.25, 0.3) is 0 Å². The molecule has 5 aliphatic rings. The summed E-state index contributed by atoms with van der Waals surface area (Å²) in [5.41, 5.74) is 1.94. The lowest BCUT2D eigenvalue weighted by Crippen LogP contribution is -2.64. The molecular weight excluding hydrogens is 401 g/mol. The number of likely N-dealkylation sites (tertiary alicyclic amines) is 1. The van der Waals surface area contributed by atoms with E-state index < -0.39 is 29.2 Å². The zero-order chi connectivity index (χ0) is 21.6. The van der Waals surface area contributed by atoms with Crippen LogP contribution in [0.25, 0.3) is 0 Å². The first-order valence-electron chi connectivity index (χ1n) is 10.8. The lowest BCUT2D eigenvalue weighted by molar-refractivity contribution is -0.306.